The lowest BCUT2D eigenvalue weighted by molar-refractivity contribution is 0.0955. The van der Waals surface area contributed by atoms with Crippen molar-refractivity contribution in [3.63, 3.8) is 0 Å². The molecule has 0 fully saturated rings. The van der Waals surface area contributed by atoms with Crippen LogP contribution in [0.4, 0.5) is 0 Å². The molecule has 1 heterocycles. The molecule has 0 saturated carbocycles. The molecule has 0 radical (unpaired) electrons. The summed E-state index contributed by atoms with van der Waals surface area (Å²) in [6, 6.07) is 27.7. The van der Waals surface area contributed by atoms with E-state index in [1.54, 1.807) is 13.3 Å². The van der Waals surface area contributed by atoms with Crippen molar-refractivity contribution < 1.29 is 9.53 Å². The number of methoxy groups -OCH3 is 1. The third kappa shape index (κ3) is 4.47. The molecule has 0 bridgehead atoms. The van der Waals surface area contributed by atoms with E-state index >= 15 is 0 Å². The van der Waals surface area contributed by atoms with Gasteiger partial charge in [0.2, 0.25) is 0 Å². The van der Waals surface area contributed by atoms with E-state index in [2.05, 4.69) is 46.3 Å². The molecule has 1 aromatic heterocycles. The van der Waals surface area contributed by atoms with Crippen LogP contribution in [0.3, 0.4) is 0 Å². The van der Waals surface area contributed by atoms with E-state index in [1.807, 2.05) is 67.6 Å². The fraction of sp³-hybridized carbons (Fsp3) is 0.111. The van der Waals surface area contributed by atoms with Crippen LogP contribution in [0.2, 0.25) is 0 Å². The topological polar surface area (TPSA) is 55.6 Å². The summed E-state index contributed by atoms with van der Waals surface area (Å²) in [5, 5.41) is 4.08. The first kappa shape index (κ1) is 21.1. The monoisotopic (exact) mass is 423 g/mol. The lowest BCUT2D eigenvalue weighted by atomic mass is 10.1. The van der Waals surface area contributed by atoms with Crippen LogP contribution >= 0.6 is 0 Å². The van der Waals surface area contributed by atoms with Crippen LogP contribution in [0, 0.1) is 13.8 Å². The number of aryl methyl sites for hydroxylation is 2. The van der Waals surface area contributed by atoms with Crippen molar-refractivity contribution >= 4 is 12.1 Å². The molecule has 4 rings (SSSR count). The smallest absolute Gasteiger partial charge is 0.271 e. The zero-order valence-electron chi connectivity index (χ0n) is 18.4. The maximum Gasteiger partial charge on any atom is 0.271 e. The summed E-state index contributed by atoms with van der Waals surface area (Å²) in [7, 11) is 1.64. The lowest BCUT2D eigenvalue weighted by Crippen LogP contribution is -2.17. The van der Waals surface area contributed by atoms with Crippen LogP contribution in [0.1, 0.15) is 27.2 Å². The minimum atomic E-state index is -0.259. The zero-order chi connectivity index (χ0) is 22.5. The van der Waals surface area contributed by atoms with Crippen molar-refractivity contribution in [2.75, 3.05) is 7.11 Å². The minimum Gasteiger partial charge on any atom is -0.496 e. The van der Waals surface area contributed by atoms with Crippen LogP contribution < -0.4 is 10.2 Å². The van der Waals surface area contributed by atoms with E-state index < -0.39 is 0 Å². The van der Waals surface area contributed by atoms with Crippen molar-refractivity contribution in [3.8, 4) is 22.7 Å². The van der Waals surface area contributed by atoms with Crippen LogP contribution in [0.15, 0.2) is 90.0 Å². The van der Waals surface area contributed by atoms with Gasteiger partial charge >= 0.3 is 0 Å². The number of rotatable bonds is 6. The predicted molar refractivity (Wildman–Crippen MR) is 129 cm³/mol. The fourth-order valence-electron chi connectivity index (χ4n) is 3.69. The van der Waals surface area contributed by atoms with Gasteiger partial charge in [-0.15, -0.1) is 0 Å². The number of amides is 1. The Morgan fingerprint density at radius 3 is 2.38 bits per heavy atom. The standard InChI is InChI=1S/C27H25N3O2/c1-19-17-21(10-16-26(19)32-3)18-28-29-27(31)23-11-13-24(14-12-23)30-20(2)9-15-25(30)22-7-5-4-6-8-22/h4-18H,1-3H3,(H,29,31)/b28-18+. The lowest BCUT2D eigenvalue weighted by Gasteiger charge is -2.12. The number of carbonyl (C=O) groups excluding carboxylic acids is 1. The molecule has 5 heteroatoms. The van der Waals surface area contributed by atoms with E-state index in [-0.39, 0.29) is 5.91 Å². The molecule has 0 atom stereocenters. The molecular formula is C27H25N3O2. The molecule has 1 N–H and O–H groups in total. The number of aromatic nitrogens is 1. The second kappa shape index (κ2) is 9.35. The molecule has 4 aromatic rings. The van der Waals surface area contributed by atoms with Gasteiger partial charge in [-0.3, -0.25) is 4.79 Å². The van der Waals surface area contributed by atoms with Gasteiger partial charge in [-0.25, -0.2) is 5.43 Å². The number of carbonyl (C=O) groups is 1. The van der Waals surface area contributed by atoms with E-state index in [9.17, 15) is 4.79 Å². The van der Waals surface area contributed by atoms with Gasteiger partial charge in [0, 0.05) is 16.9 Å². The van der Waals surface area contributed by atoms with Gasteiger partial charge in [0.15, 0.2) is 0 Å². The Kier molecular flexibility index (Phi) is 6.17. The highest BCUT2D eigenvalue weighted by Gasteiger charge is 2.11. The summed E-state index contributed by atoms with van der Waals surface area (Å²) in [6.07, 6.45) is 1.62. The molecule has 0 aliphatic rings. The minimum absolute atomic E-state index is 0.259. The first-order valence-electron chi connectivity index (χ1n) is 10.4. The van der Waals surface area contributed by atoms with E-state index in [4.69, 9.17) is 4.74 Å². The van der Waals surface area contributed by atoms with Crippen molar-refractivity contribution in [1.82, 2.24) is 9.99 Å². The van der Waals surface area contributed by atoms with Crippen molar-refractivity contribution in [3.05, 3.63) is 107 Å². The second-order valence-corrected chi connectivity index (χ2v) is 7.54. The van der Waals surface area contributed by atoms with Gasteiger partial charge in [0.25, 0.3) is 5.91 Å². The van der Waals surface area contributed by atoms with Crippen molar-refractivity contribution in [1.29, 1.82) is 0 Å². The molecule has 0 unspecified atom stereocenters. The Morgan fingerprint density at radius 2 is 1.69 bits per heavy atom. The summed E-state index contributed by atoms with van der Waals surface area (Å²) < 4.78 is 7.44. The molecule has 0 aliphatic heterocycles. The Hall–Kier alpha value is -4.12. The van der Waals surface area contributed by atoms with Gasteiger partial charge in [-0.1, -0.05) is 30.3 Å². The van der Waals surface area contributed by atoms with Crippen molar-refractivity contribution in [2.45, 2.75) is 13.8 Å². The normalized spacial score (nSPS) is 11.0. The highest BCUT2D eigenvalue weighted by Crippen LogP contribution is 2.26. The van der Waals surface area contributed by atoms with Gasteiger partial charge in [0.05, 0.1) is 19.0 Å². The van der Waals surface area contributed by atoms with Gasteiger partial charge < -0.3 is 9.30 Å². The van der Waals surface area contributed by atoms with Gasteiger partial charge in [0.1, 0.15) is 5.75 Å². The molecule has 1 amide bonds. The van der Waals surface area contributed by atoms with Gasteiger partial charge in [-0.2, -0.15) is 5.10 Å². The highest BCUT2D eigenvalue weighted by atomic mass is 16.5. The number of nitrogens with one attached hydrogen (secondary N) is 1. The summed E-state index contributed by atoms with van der Waals surface area (Å²) in [5.74, 6) is 0.560. The number of hydrogen-bond acceptors (Lipinski definition) is 3. The summed E-state index contributed by atoms with van der Waals surface area (Å²) in [4.78, 5) is 12.5. The van der Waals surface area contributed by atoms with Crippen molar-refractivity contribution in [2.24, 2.45) is 5.10 Å². The molecule has 0 spiro atoms. The molecule has 5 nitrogen and oxygen atoms in total. The summed E-state index contributed by atoms with van der Waals surface area (Å²) in [6.45, 7) is 4.04. The number of hydrazone groups is 1. The van der Waals surface area contributed by atoms with Crippen LogP contribution in [0.5, 0.6) is 5.75 Å². The van der Waals surface area contributed by atoms with E-state index in [1.165, 1.54) is 0 Å². The average Bonchev–Trinajstić information content (AvgIpc) is 3.21. The Labute approximate surface area is 188 Å². The first-order chi connectivity index (χ1) is 15.6. The molecule has 0 saturated heterocycles. The number of hydrogen-bond donors (Lipinski definition) is 1. The van der Waals surface area contributed by atoms with Crippen LogP contribution in [0.25, 0.3) is 16.9 Å². The first-order valence-corrected chi connectivity index (χ1v) is 10.4. The zero-order valence-corrected chi connectivity index (χ0v) is 18.4. The Bertz CT molecular complexity index is 1260. The Morgan fingerprint density at radius 1 is 0.938 bits per heavy atom. The Balaban J connectivity index is 1.48. The predicted octanol–water partition coefficient (Wildman–Crippen LogP) is 5.53. The molecule has 0 aliphatic carbocycles. The number of nitrogens with zero attached hydrogens (tertiary/aromatic N) is 2. The van der Waals surface area contributed by atoms with Crippen LogP contribution in [-0.4, -0.2) is 23.8 Å². The summed E-state index contributed by atoms with van der Waals surface area (Å²) >= 11 is 0. The van der Waals surface area contributed by atoms with Crippen LogP contribution in [-0.2, 0) is 0 Å². The third-order valence-electron chi connectivity index (χ3n) is 5.33. The maximum absolute atomic E-state index is 12.5. The fourth-order valence-corrected chi connectivity index (χ4v) is 3.69. The van der Waals surface area contributed by atoms with E-state index in [0.29, 0.717) is 5.56 Å². The SMILES string of the molecule is COc1ccc(/C=N/NC(=O)c2ccc(-n3c(C)ccc3-c3ccccc3)cc2)cc1C. The molecule has 3 aromatic carbocycles. The number of benzene rings is 3. The van der Waals surface area contributed by atoms with Gasteiger partial charge in [-0.05, 0) is 85.1 Å². The van der Waals surface area contributed by atoms with E-state index in [0.717, 1.165) is 39.5 Å². The molecule has 160 valence electrons. The molecule has 32 heavy (non-hydrogen) atoms. The highest BCUT2D eigenvalue weighted by molar-refractivity contribution is 5.95. The quantitative estimate of drug-likeness (QED) is 0.327. The number of ether oxygens (including phenoxy) is 1. The second-order valence-electron chi connectivity index (χ2n) is 7.54. The summed E-state index contributed by atoms with van der Waals surface area (Å²) in [5.41, 5.74) is 9.41. The maximum atomic E-state index is 12.5. The largest absolute Gasteiger partial charge is 0.496 e. The average molecular weight is 424 g/mol. The third-order valence-corrected chi connectivity index (χ3v) is 5.33. The molecular weight excluding hydrogens is 398 g/mol.